The van der Waals surface area contributed by atoms with Crippen molar-refractivity contribution in [1.82, 2.24) is 5.32 Å². The van der Waals surface area contributed by atoms with Crippen LogP contribution in [-0.2, 0) is 32.2 Å². The number of carbonyl (C=O) groups excluding carboxylic acids is 1. The molecule has 1 aliphatic rings. The third-order valence-electron chi connectivity index (χ3n) is 4.17. The molecule has 0 spiro atoms. The molecule has 1 heterocycles. The second kappa shape index (κ2) is 9.38. The zero-order valence-electron chi connectivity index (χ0n) is 14.8. The third kappa shape index (κ3) is 5.33. The Morgan fingerprint density at radius 1 is 1.04 bits per heavy atom. The van der Waals surface area contributed by atoms with Gasteiger partial charge in [0, 0.05) is 6.92 Å². The molecule has 3 rings (SSSR count). The van der Waals surface area contributed by atoms with Crippen molar-refractivity contribution in [3.8, 4) is 0 Å². The zero-order valence-corrected chi connectivity index (χ0v) is 14.8. The summed E-state index contributed by atoms with van der Waals surface area (Å²) in [6.45, 7) is 4.47. The van der Waals surface area contributed by atoms with E-state index in [0.29, 0.717) is 19.8 Å². The Balaban J connectivity index is 1.56. The van der Waals surface area contributed by atoms with Gasteiger partial charge < -0.3 is 14.8 Å². The summed E-state index contributed by atoms with van der Waals surface area (Å²) in [7, 11) is 0. The van der Waals surface area contributed by atoms with Gasteiger partial charge in [-0.15, -0.1) is 0 Å². The van der Waals surface area contributed by atoms with E-state index in [-0.39, 0.29) is 24.2 Å². The molecule has 1 aliphatic heterocycles. The maximum atomic E-state index is 11.5. The van der Waals surface area contributed by atoms with Crippen LogP contribution in [0.1, 0.15) is 18.1 Å². The molecule has 0 unspecified atom stereocenters. The number of rotatable bonds is 8. The van der Waals surface area contributed by atoms with Crippen LogP contribution >= 0.6 is 0 Å². The van der Waals surface area contributed by atoms with Crippen LogP contribution in [0.2, 0.25) is 0 Å². The van der Waals surface area contributed by atoms with Gasteiger partial charge in [0.1, 0.15) is 0 Å². The first-order valence-corrected chi connectivity index (χ1v) is 8.75. The summed E-state index contributed by atoms with van der Waals surface area (Å²) in [6, 6.07) is 19.6. The molecule has 1 N–H and O–H groups in total. The Bertz CT molecular complexity index is 677. The summed E-state index contributed by atoms with van der Waals surface area (Å²) in [5.74, 6) is -0.117. The molecular formula is C21H24NO4+. The van der Waals surface area contributed by atoms with Crippen LogP contribution in [0.5, 0.6) is 0 Å². The Kier molecular flexibility index (Phi) is 6.66. The predicted octanol–water partition coefficient (Wildman–Crippen LogP) is 2.85. The topological polar surface area (TPSA) is 56.8 Å². The number of hydrogen-bond acceptors (Lipinski definition) is 4. The summed E-state index contributed by atoms with van der Waals surface area (Å²) >= 11 is 0. The average Bonchev–Trinajstić information content (AvgIpc) is 3.02. The molecule has 0 aliphatic carbocycles. The lowest BCUT2D eigenvalue weighted by atomic mass is 10.1. The van der Waals surface area contributed by atoms with E-state index < -0.39 is 0 Å². The smallest absolute Gasteiger partial charge is 0.254 e. The molecular weight excluding hydrogens is 330 g/mol. The van der Waals surface area contributed by atoms with Crippen LogP contribution in [0.3, 0.4) is 0 Å². The first-order valence-electron chi connectivity index (χ1n) is 8.75. The molecule has 1 amide bonds. The Morgan fingerprint density at radius 2 is 1.65 bits per heavy atom. The quantitative estimate of drug-likeness (QED) is 0.741. The van der Waals surface area contributed by atoms with Crippen LogP contribution in [-0.4, -0.2) is 30.8 Å². The van der Waals surface area contributed by atoms with E-state index in [4.69, 9.17) is 14.2 Å². The maximum Gasteiger partial charge on any atom is 0.254 e. The van der Waals surface area contributed by atoms with Crippen LogP contribution < -0.4 is 5.32 Å². The first-order chi connectivity index (χ1) is 12.7. The summed E-state index contributed by atoms with van der Waals surface area (Å²) in [5.41, 5.74) is 2.18. The Hall–Kier alpha value is -2.34. The lowest BCUT2D eigenvalue weighted by molar-refractivity contribution is -0.120. The molecule has 5 heteroatoms. The van der Waals surface area contributed by atoms with Gasteiger partial charge in [-0.05, 0) is 11.1 Å². The summed E-state index contributed by atoms with van der Waals surface area (Å²) in [4.78, 5) is 11.5. The van der Waals surface area contributed by atoms with Crippen LogP contribution in [0.15, 0.2) is 60.7 Å². The van der Waals surface area contributed by atoms with Gasteiger partial charge in [0.15, 0.2) is 12.2 Å². The first kappa shape index (κ1) is 18.5. The summed E-state index contributed by atoms with van der Waals surface area (Å²) < 4.78 is 17.6. The number of ether oxygens (including phenoxy) is 3. The molecule has 1 fully saturated rings. The molecule has 136 valence electrons. The van der Waals surface area contributed by atoms with E-state index in [1.165, 1.54) is 6.92 Å². The monoisotopic (exact) mass is 354 g/mol. The van der Waals surface area contributed by atoms with Gasteiger partial charge in [-0.25, -0.2) is 0 Å². The highest BCUT2D eigenvalue weighted by molar-refractivity contribution is 5.73. The van der Waals surface area contributed by atoms with Gasteiger partial charge in [-0.1, -0.05) is 60.7 Å². The second-order valence-corrected chi connectivity index (χ2v) is 6.30. The highest BCUT2D eigenvalue weighted by Gasteiger charge is 2.47. The fourth-order valence-corrected chi connectivity index (χ4v) is 2.90. The van der Waals surface area contributed by atoms with Crippen molar-refractivity contribution in [1.29, 1.82) is 0 Å². The van der Waals surface area contributed by atoms with Crippen LogP contribution in [0.25, 0.3) is 0 Å². The van der Waals surface area contributed by atoms with Crippen molar-refractivity contribution in [2.24, 2.45) is 0 Å². The number of nitrogens with one attached hydrogen (secondary N) is 1. The van der Waals surface area contributed by atoms with Crippen molar-refractivity contribution in [2.75, 3.05) is 6.61 Å². The van der Waals surface area contributed by atoms with E-state index in [9.17, 15) is 4.79 Å². The van der Waals surface area contributed by atoms with Crippen molar-refractivity contribution < 1.29 is 19.0 Å². The maximum absolute atomic E-state index is 11.5. The average molecular weight is 354 g/mol. The van der Waals surface area contributed by atoms with E-state index in [2.05, 4.69) is 5.32 Å². The van der Waals surface area contributed by atoms with Gasteiger partial charge in [-0.2, -0.15) is 4.74 Å². The summed E-state index contributed by atoms with van der Waals surface area (Å²) in [6.07, 6.45) is -0.561. The lowest BCUT2D eigenvalue weighted by Crippen LogP contribution is -2.45. The van der Waals surface area contributed by atoms with Gasteiger partial charge in [0.2, 0.25) is 11.9 Å². The molecule has 0 aromatic heterocycles. The standard InChI is InChI=1S/C21H23NO4/c1-16(23)22-19-14-25-20(15-24-12-17-8-4-2-5-9-17)21(19)26-13-18-10-6-3-7-11-18/h2-11,14,19-21H,12-13,15H2,1H3/p+1/t19-,20-,21-/m1/s1. The molecule has 3 atom stereocenters. The minimum Gasteiger partial charge on any atom is -0.374 e. The molecule has 2 aromatic carbocycles. The summed E-state index contributed by atoms with van der Waals surface area (Å²) in [5, 5.41) is 2.87. The highest BCUT2D eigenvalue weighted by Crippen LogP contribution is 2.23. The van der Waals surface area contributed by atoms with E-state index in [0.717, 1.165) is 11.1 Å². The molecule has 26 heavy (non-hydrogen) atoms. The predicted molar refractivity (Wildman–Crippen MR) is 97.9 cm³/mol. The molecule has 0 saturated carbocycles. The normalized spacial score (nSPS) is 22.0. The zero-order chi connectivity index (χ0) is 18.2. The van der Waals surface area contributed by atoms with E-state index in [1.807, 2.05) is 60.7 Å². The van der Waals surface area contributed by atoms with Crippen molar-refractivity contribution in [3.05, 3.63) is 78.4 Å². The fourth-order valence-electron chi connectivity index (χ4n) is 2.90. The van der Waals surface area contributed by atoms with Crippen molar-refractivity contribution >= 4 is 5.91 Å². The molecule has 5 nitrogen and oxygen atoms in total. The Morgan fingerprint density at radius 3 is 2.27 bits per heavy atom. The molecule has 2 aromatic rings. The SMILES string of the molecule is CC(=O)N[C@@H]1[CH+]O[C@H](COCc2ccccc2)[C@@H]1OCc1ccccc1. The van der Waals surface area contributed by atoms with Crippen molar-refractivity contribution in [3.63, 3.8) is 0 Å². The minimum absolute atomic E-state index is 0.117. The fraction of sp³-hybridized carbons (Fsp3) is 0.333. The van der Waals surface area contributed by atoms with Gasteiger partial charge in [-0.3, -0.25) is 4.79 Å². The van der Waals surface area contributed by atoms with Crippen molar-refractivity contribution in [2.45, 2.75) is 38.4 Å². The Labute approximate surface area is 154 Å². The van der Waals surface area contributed by atoms with Gasteiger partial charge in [0.05, 0.1) is 19.8 Å². The van der Waals surface area contributed by atoms with E-state index >= 15 is 0 Å². The molecule has 1 saturated heterocycles. The molecule has 0 radical (unpaired) electrons. The van der Waals surface area contributed by atoms with Gasteiger partial charge in [0.25, 0.3) is 6.61 Å². The number of benzene rings is 2. The second-order valence-electron chi connectivity index (χ2n) is 6.30. The van der Waals surface area contributed by atoms with Gasteiger partial charge >= 0.3 is 0 Å². The third-order valence-corrected chi connectivity index (χ3v) is 4.17. The van der Waals surface area contributed by atoms with Crippen LogP contribution in [0.4, 0.5) is 0 Å². The molecule has 0 bridgehead atoms. The lowest BCUT2D eigenvalue weighted by Gasteiger charge is -2.19. The number of amides is 1. The number of carbonyl (C=O) groups is 1. The largest absolute Gasteiger partial charge is 0.374 e. The minimum atomic E-state index is -0.296. The number of hydrogen-bond donors (Lipinski definition) is 1. The van der Waals surface area contributed by atoms with Crippen LogP contribution in [0, 0.1) is 6.61 Å². The van der Waals surface area contributed by atoms with E-state index in [1.54, 1.807) is 6.61 Å². The highest BCUT2D eigenvalue weighted by atomic mass is 16.6.